The van der Waals surface area contributed by atoms with Gasteiger partial charge in [0.25, 0.3) is 0 Å². The first-order valence-electron chi connectivity index (χ1n) is 8.78. The highest BCUT2D eigenvalue weighted by atomic mass is 19.1. The molecule has 0 atom stereocenters. The van der Waals surface area contributed by atoms with Crippen LogP contribution in [0.2, 0.25) is 0 Å². The molecule has 0 unspecified atom stereocenters. The molecule has 0 bridgehead atoms. The number of halogens is 2. The molecule has 0 aromatic heterocycles. The minimum atomic E-state index is -0.576. The van der Waals surface area contributed by atoms with E-state index in [0.29, 0.717) is 25.7 Å². The van der Waals surface area contributed by atoms with Gasteiger partial charge in [-0.3, -0.25) is 9.69 Å². The van der Waals surface area contributed by atoms with Crippen molar-refractivity contribution in [2.24, 2.45) is 5.92 Å². The molecular weight excluding hydrogens is 330 g/mol. The molecule has 5 nitrogen and oxygen atoms in total. The van der Waals surface area contributed by atoms with Crippen LogP contribution in [0.4, 0.5) is 8.78 Å². The molecule has 7 heteroatoms. The standard InChI is InChI=1S/C18H24F2N2O3/c19-15-2-1-3-16(20)14(15)4-7-21-17(23)12-22-8-5-13(6-9-22)18-24-10-11-25-18/h1-3,13,18H,4-12H2,(H,21,23). The third-order valence-corrected chi connectivity index (χ3v) is 4.79. The summed E-state index contributed by atoms with van der Waals surface area (Å²) in [6, 6.07) is 3.78. The Hall–Kier alpha value is -1.57. The van der Waals surface area contributed by atoms with E-state index in [0.717, 1.165) is 25.9 Å². The Morgan fingerprint density at radius 3 is 2.44 bits per heavy atom. The Morgan fingerprint density at radius 2 is 1.80 bits per heavy atom. The van der Waals surface area contributed by atoms with Crippen LogP contribution in [-0.4, -0.2) is 56.5 Å². The number of piperidine rings is 1. The summed E-state index contributed by atoms with van der Waals surface area (Å²) in [4.78, 5) is 14.1. The lowest BCUT2D eigenvalue weighted by Gasteiger charge is -2.33. The summed E-state index contributed by atoms with van der Waals surface area (Å²) in [6.45, 7) is 3.49. The van der Waals surface area contributed by atoms with E-state index in [9.17, 15) is 13.6 Å². The fourth-order valence-corrected chi connectivity index (χ4v) is 3.39. The topological polar surface area (TPSA) is 50.8 Å². The maximum atomic E-state index is 13.5. The van der Waals surface area contributed by atoms with Gasteiger partial charge in [-0.1, -0.05) is 6.07 Å². The molecule has 1 N–H and O–H groups in total. The van der Waals surface area contributed by atoms with Gasteiger partial charge in [-0.25, -0.2) is 8.78 Å². The van der Waals surface area contributed by atoms with Gasteiger partial charge in [-0.2, -0.15) is 0 Å². The van der Waals surface area contributed by atoms with Crippen molar-refractivity contribution in [2.45, 2.75) is 25.6 Å². The fourth-order valence-electron chi connectivity index (χ4n) is 3.39. The van der Waals surface area contributed by atoms with Crippen LogP contribution >= 0.6 is 0 Å². The highest BCUT2D eigenvalue weighted by Crippen LogP contribution is 2.25. The molecule has 2 aliphatic heterocycles. The van der Waals surface area contributed by atoms with Gasteiger partial charge in [0.2, 0.25) is 5.91 Å². The number of carbonyl (C=O) groups is 1. The van der Waals surface area contributed by atoms with Crippen LogP contribution in [-0.2, 0) is 20.7 Å². The van der Waals surface area contributed by atoms with Gasteiger partial charge in [0.15, 0.2) is 6.29 Å². The monoisotopic (exact) mass is 354 g/mol. The summed E-state index contributed by atoms with van der Waals surface area (Å²) < 4.78 is 38.1. The van der Waals surface area contributed by atoms with Crippen molar-refractivity contribution >= 4 is 5.91 Å². The Balaban J connectivity index is 1.36. The van der Waals surface area contributed by atoms with Crippen molar-refractivity contribution in [3.63, 3.8) is 0 Å². The second-order valence-corrected chi connectivity index (χ2v) is 6.52. The molecule has 1 aromatic carbocycles. The maximum absolute atomic E-state index is 13.5. The third kappa shape index (κ3) is 4.96. The first-order valence-corrected chi connectivity index (χ1v) is 8.78. The molecule has 2 aliphatic rings. The van der Waals surface area contributed by atoms with Gasteiger partial charge < -0.3 is 14.8 Å². The Kier molecular flexibility index (Phi) is 6.34. The maximum Gasteiger partial charge on any atom is 0.234 e. The van der Waals surface area contributed by atoms with Crippen molar-refractivity contribution in [3.8, 4) is 0 Å². The molecule has 25 heavy (non-hydrogen) atoms. The van der Waals surface area contributed by atoms with Crippen LogP contribution in [0.15, 0.2) is 18.2 Å². The predicted molar refractivity (Wildman–Crippen MR) is 87.9 cm³/mol. The van der Waals surface area contributed by atoms with E-state index in [2.05, 4.69) is 10.2 Å². The van der Waals surface area contributed by atoms with Crippen LogP contribution in [0, 0.1) is 17.6 Å². The second-order valence-electron chi connectivity index (χ2n) is 6.52. The zero-order chi connectivity index (χ0) is 17.6. The van der Waals surface area contributed by atoms with Crippen LogP contribution < -0.4 is 5.32 Å². The molecule has 1 amide bonds. The highest BCUT2D eigenvalue weighted by Gasteiger charge is 2.30. The zero-order valence-corrected chi connectivity index (χ0v) is 14.2. The predicted octanol–water partition coefficient (Wildman–Crippen LogP) is 1.71. The van der Waals surface area contributed by atoms with Gasteiger partial charge in [0.05, 0.1) is 19.8 Å². The number of hydrogen-bond donors (Lipinski definition) is 1. The molecule has 0 radical (unpaired) electrons. The van der Waals surface area contributed by atoms with Crippen LogP contribution in [0.5, 0.6) is 0 Å². The van der Waals surface area contributed by atoms with Gasteiger partial charge in [-0.15, -0.1) is 0 Å². The smallest absolute Gasteiger partial charge is 0.234 e. The Morgan fingerprint density at radius 1 is 1.16 bits per heavy atom. The van der Waals surface area contributed by atoms with Crippen molar-refractivity contribution < 1.29 is 23.0 Å². The minimum Gasteiger partial charge on any atom is -0.355 e. The van der Waals surface area contributed by atoms with E-state index < -0.39 is 11.6 Å². The zero-order valence-electron chi connectivity index (χ0n) is 14.2. The lowest BCUT2D eigenvalue weighted by Crippen LogP contribution is -2.43. The van der Waals surface area contributed by atoms with Gasteiger partial charge in [0.1, 0.15) is 11.6 Å². The van der Waals surface area contributed by atoms with Gasteiger partial charge in [0, 0.05) is 18.0 Å². The number of rotatable bonds is 6. The minimum absolute atomic E-state index is 0.0141. The normalized spacial score (nSPS) is 20.1. The largest absolute Gasteiger partial charge is 0.355 e. The molecule has 2 fully saturated rings. The van der Waals surface area contributed by atoms with E-state index in [-0.39, 0.29) is 30.7 Å². The molecule has 0 saturated carbocycles. The van der Waals surface area contributed by atoms with E-state index >= 15 is 0 Å². The Bertz CT molecular complexity index is 565. The highest BCUT2D eigenvalue weighted by molar-refractivity contribution is 5.78. The molecule has 2 saturated heterocycles. The average molecular weight is 354 g/mol. The van der Waals surface area contributed by atoms with Crippen LogP contribution in [0.25, 0.3) is 0 Å². The van der Waals surface area contributed by atoms with E-state index in [4.69, 9.17) is 9.47 Å². The second kappa shape index (κ2) is 8.69. The molecule has 138 valence electrons. The van der Waals surface area contributed by atoms with Crippen molar-refractivity contribution in [1.29, 1.82) is 0 Å². The number of amides is 1. The van der Waals surface area contributed by atoms with Gasteiger partial charge >= 0.3 is 0 Å². The van der Waals surface area contributed by atoms with E-state index in [1.54, 1.807) is 0 Å². The van der Waals surface area contributed by atoms with Crippen molar-refractivity contribution in [1.82, 2.24) is 10.2 Å². The number of nitrogens with one attached hydrogen (secondary N) is 1. The van der Waals surface area contributed by atoms with Crippen molar-refractivity contribution in [3.05, 3.63) is 35.4 Å². The molecular formula is C18H24F2N2O3. The van der Waals surface area contributed by atoms with Crippen LogP contribution in [0.3, 0.4) is 0 Å². The quantitative estimate of drug-likeness (QED) is 0.845. The molecule has 2 heterocycles. The van der Waals surface area contributed by atoms with Gasteiger partial charge in [-0.05, 0) is 44.5 Å². The van der Waals surface area contributed by atoms with E-state index in [1.165, 1.54) is 18.2 Å². The number of hydrogen-bond acceptors (Lipinski definition) is 4. The summed E-state index contributed by atoms with van der Waals surface area (Å²) in [5.74, 6) is -0.880. The summed E-state index contributed by atoms with van der Waals surface area (Å²) in [6.07, 6.45) is 1.94. The lowest BCUT2D eigenvalue weighted by atomic mass is 9.96. The first-order chi connectivity index (χ1) is 12.1. The third-order valence-electron chi connectivity index (χ3n) is 4.79. The van der Waals surface area contributed by atoms with Crippen LogP contribution in [0.1, 0.15) is 18.4 Å². The summed E-state index contributed by atoms with van der Waals surface area (Å²) >= 11 is 0. The lowest BCUT2D eigenvalue weighted by molar-refractivity contribution is -0.123. The summed E-state index contributed by atoms with van der Waals surface area (Å²) in [7, 11) is 0. The van der Waals surface area contributed by atoms with Crippen molar-refractivity contribution in [2.75, 3.05) is 39.4 Å². The molecule has 0 spiro atoms. The number of nitrogens with zero attached hydrogens (tertiary/aromatic N) is 1. The summed E-state index contributed by atoms with van der Waals surface area (Å²) in [5.41, 5.74) is 0.0141. The molecule has 1 aromatic rings. The first kappa shape index (κ1) is 18.2. The average Bonchev–Trinajstić information content (AvgIpc) is 3.13. The Labute approximate surface area is 146 Å². The molecule has 3 rings (SSSR count). The number of likely N-dealkylation sites (tertiary alicyclic amines) is 1. The number of ether oxygens (including phenoxy) is 2. The number of benzene rings is 1. The molecule has 0 aliphatic carbocycles. The fraction of sp³-hybridized carbons (Fsp3) is 0.611. The summed E-state index contributed by atoms with van der Waals surface area (Å²) in [5, 5.41) is 2.74. The van der Waals surface area contributed by atoms with E-state index in [1.807, 2.05) is 0 Å². The number of carbonyl (C=O) groups excluding carboxylic acids is 1. The SMILES string of the molecule is O=C(CN1CCC(C2OCCO2)CC1)NCCc1c(F)cccc1F.